The molecule has 1 N–H and O–H groups in total. The van der Waals surface area contributed by atoms with Gasteiger partial charge in [0.1, 0.15) is 24.6 Å². The van der Waals surface area contributed by atoms with Crippen LogP contribution in [0.15, 0.2) is 36.7 Å². The van der Waals surface area contributed by atoms with E-state index in [1.54, 1.807) is 18.2 Å². The van der Waals surface area contributed by atoms with Crippen LogP contribution in [0, 0.1) is 5.82 Å². The highest BCUT2D eigenvalue weighted by Gasteiger charge is 2.21. The summed E-state index contributed by atoms with van der Waals surface area (Å²) in [6, 6.07) is 7.80. The van der Waals surface area contributed by atoms with Crippen molar-refractivity contribution in [1.29, 1.82) is 0 Å². The Morgan fingerprint density at radius 3 is 2.66 bits per heavy atom. The Bertz CT molecular complexity index is 1230. The van der Waals surface area contributed by atoms with Crippen LogP contribution in [0.1, 0.15) is 0 Å². The van der Waals surface area contributed by atoms with Crippen LogP contribution < -0.4 is 14.8 Å². The number of ether oxygens (including phenoxy) is 2. The van der Waals surface area contributed by atoms with Crippen molar-refractivity contribution >= 4 is 43.8 Å². The van der Waals surface area contributed by atoms with E-state index in [4.69, 9.17) is 21.1 Å². The number of sulfone groups is 1. The van der Waals surface area contributed by atoms with Gasteiger partial charge in [-0.15, -0.1) is 0 Å². The molecule has 11 heteroatoms. The molecule has 1 fully saturated rings. The number of methoxy groups -OCH3 is 1. The second-order valence-electron chi connectivity index (χ2n) is 7.33. The number of halogens is 2. The Hall–Kier alpha value is -2.69. The number of benzene rings is 2. The minimum absolute atomic E-state index is 0.174. The first-order chi connectivity index (χ1) is 15.3. The highest BCUT2D eigenvalue weighted by atomic mass is 35.5. The van der Waals surface area contributed by atoms with Crippen molar-refractivity contribution in [3.63, 3.8) is 0 Å². The first kappa shape index (κ1) is 22.5. The van der Waals surface area contributed by atoms with Crippen molar-refractivity contribution in [1.82, 2.24) is 14.9 Å². The fraction of sp³-hybridized carbons (Fsp3) is 0.333. The van der Waals surface area contributed by atoms with Crippen molar-refractivity contribution < 1.29 is 22.3 Å². The Morgan fingerprint density at radius 2 is 1.94 bits per heavy atom. The summed E-state index contributed by atoms with van der Waals surface area (Å²) in [4.78, 5) is 10.6. The van der Waals surface area contributed by atoms with Gasteiger partial charge in [0.25, 0.3) is 0 Å². The Morgan fingerprint density at radius 1 is 1.16 bits per heavy atom. The molecule has 2 aromatic carbocycles. The second kappa shape index (κ2) is 9.43. The van der Waals surface area contributed by atoms with Gasteiger partial charge >= 0.3 is 0 Å². The van der Waals surface area contributed by atoms with Crippen molar-refractivity contribution in [2.45, 2.75) is 0 Å². The van der Waals surface area contributed by atoms with Crippen LogP contribution in [0.25, 0.3) is 10.9 Å². The molecule has 2 heterocycles. The van der Waals surface area contributed by atoms with Gasteiger partial charge in [0.15, 0.2) is 21.3 Å². The Kier molecular flexibility index (Phi) is 6.63. The highest BCUT2D eigenvalue weighted by molar-refractivity contribution is 7.91. The quantitative estimate of drug-likeness (QED) is 0.550. The summed E-state index contributed by atoms with van der Waals surface area (Å²) in [5, 5.41) is 3.90. The number of rotatable bonds is 7. The molecule has 0 bridgehead atoms. The summed E-state index contributed by atoms with van der Waals surface area (Å²) in [6.45, 7) is 1.98. The molecule has 0 spiro atoms. The number of hydrogen-bond donors (Lipinski definition) is 1. The minimum atomic E-state index is -2.91. The van der Waals surface area contributed by atoms with Crippen molar-refractivity contribution in [3.8, 4) is 11.5 Å². The lowest BCUT2D eigenvalue weighted by Gasteiger charge is -2.26. The first-order valence-electron chi connectivity index (χ1n) is 9.95. The monoisotopic (exact) mass is 480 g/mol. The maximum atomic E-state index is 14.2. The topological polar surface area (TPSA) is 93.7 Å². The van der Waals surface area contributed by atoms with E-state index < -0.39 is 15.7 Å². The average molecular weight is 481 g/mol. The molecule has 32 heavy (non-hydrogen) atoms. The van der Waals surface area contributed by atoms with E-state index in [1.807, 2.05) is 0 Å². The molecule has 170 valence electrons. The molecule has 8 nitrogen and oxygen atoms in total. The van der Waals surface area contributed by atoms with Gasteiger partial charge in [0, 0.05) is 36.1 Å². The van der Waals surface area contributed by atoms with E-state index >= 15 is 0 Å². The molecule has 1 aromatic heterocycles. The van der Waals surface area contributed by atoms with E-state index in [2.05, 4.69) is 20.2 Å². The lowest BCUT2D eigenvalue weighted by molar-refractivity contribution is 0.214. The fourth-order valence-corrected chi connectivity index (χ4v) is 4.85. The van der Waals surface area contributed by atoms with Gasteiger partial charge in [0.05, 0.1) is 29.8 Å². The smallest absolute Gasteiger partial charge is 0.163 e. The second-order valence-corrected chi connectivity index (χ2v) is 10.1. The van der Waals surface area contributed by atoms with E-state index in [0.29, 0.717) is 59.5 Å². The molecular weight excluding hydrogens is 459 g/mol. The molecule has 1 aliphatic heterocycles. The van der Waals surface area contributed by atoms with Gasteiger partial charge < -0.3 is 14.8 Å². The SMILES string of the molecule is COc1cc2c(Nc3ccc(Cl)cc3F)ncnc2cc1OCCN1CCS(=O)(=O)CC1. The summed E-state index contributed by atoms with van der Waals surface area (Å²) in [7, 11) is -1.39. The van der Waals surface area contributed by atoms with Crippen LogP contribution >= 0.6 is 11.6 Å². The van der Waals surface area contributed by atoms with Crippen LogP contribution in [-0.4, -0.2) is 68.1 Å². The molecule has 0 saturated carbocycles. The summed E-state index contributed by atoms with van der Waals surface area (Å²) in [6.07, 6.45) is 1.38. The zero-order valence-electron chi connectivity index (χ0n) is 17.3. The molecule has 0 amide bonds. The Balaban J connectivity index is 1.51. The predicted molar refractivity (Wildman–Crippen MR) is 121 cm³/mol. The third-order valence-corrected chi connectivity index (χ3v) is 7.05. The van der Waals surface area contributed by atoms with Gasteiger partial charge in [-0.2, -0.15) is 0 Å². The van der Waals surface area contributed by atoms with Gasteiger partial charge in [-0.1, -0.05) is 11.6 Å². The van der Waals surface area contributed by atoms with Gasteiger partial charge in [-0.05, 0) is 24.3 Å². The van der Waals surface area contributed by atoms with Crippen LogP contribution in [-0.2, 0) is 9.84 Å². The maximum Gasteiger partial charge on any atom is 0.163 e. The lowest BCUT2D eigenvalue weighted by Crippen LogP contribution is -2.42. The van der Waals surface area contributed by atoms with Gasteiger partial charge in [-0.3, -0.25) is 4.90 Å². The van der Waals surface area contributed by atoms with Crippen LogP contribution in [0.4, 0.5) is 15.9 Å². The molecule has 1 aliphatic rings. The fourth-order valence-electron chi connectivity index (χ4n) is 3.41. The molecule has 0 aliphatic carbocycles. The maximum absolute atomic E-state index is 14.2. The third kappa shape index (κ3) is 5.20. The molecule has 0 radical (unpaired) electrons. The Labute approximate surface area is 190 Å². The number of aromatic nitrogens is 2. The molecule has 0 unspecified atom stereocenters. The van der Waals surface area contributed by atoms with Crippen molar-refractivity contribution in [3.05, 3.63) is 47.5 Å². The molecular formula is C21H22ClFN4O4S. The number of nitrogens with zero attached hydrogens (tertiary/aromatic N) is 3. The largest absolute Gasteiger partial charge is 0.493 e. The number of fused-ring (bicyclic) bond motifs is 1. The number of nitrogens with one attached hydrogen (secondary N) is 1. The van der Waals surface area contributed by atoms with E-state index in [1.165, 1.54) is 25.6 Å². The molecule has 1 saturated heterocycles. The number of anilines is 2. The zero-order chi connectivity index (χ0) is 22.7. The lowest BCUT2D eigenvalue weighted by atomic mass is 10.2. The summed E-state index contributed by atoms with van der Waals surface area (Å²) < 4.78 is 48.7. The average Bonchev–Trinajstić information content (AvgIpc) is 2.76. The summed E-state index contributed by atoms with van der Waals surface area (Å²) >= 11 is 5.82. The van der Waals surface area contributed by atoms with E-state index in [-0.39, 0.29) is 17.2 Å². The van der Waals surface area contributed by atoms with E-state index in [0.717, 1.165) is 0 Å². The zero-order valence-corrected chi connectivity index (χ0v) is 18.9. The molecule has 4 rings (SSSR count). The predicted octanol–water partition coefficient (Wildman–Crippen LogP) is 3.28. The highest BCUT2D eigenvalue weighted by Crippen LogP contribution is 2.35. The molecule has 3 aromatic rings. The first-order valence-corrected chi connectivity index (χ1v) is 12.1. The van der Waals surface area contributed by atoms with Crippen molar-refractivity contribution in [2.24, 2.45) is 0 Å². The third-order valence-electron chi connectivity index (χ3n) is 5.21. The summed E-state index contributed by atoms with van der Waals surface area (Å²) in [5.41, 5.74) is 0.828. The van der Waals surface area contributed by atoms with Crippen LogP contribution in [0.3, 0.4) is 0 Å². The normalized spacial score (nSPS) is 16.1. The van der Waals surface area contributed by atoms with Crippen LogP contribution in [0.5, 0.6) is 11.5 Å². The van der Waals surface area contributed by atoms with Crippen LogP contribution in [0.2, 0.25) is 5.02 Å². The van der Waals surface area contributed by atoms with E-state index in [9.17, 15) is 12.8 Å². The summed E-state index contributed by atoms with van der Waals surface area (Å²) in [5.74, 6) is 1.25. The van der Waals surface area contributed by atoms with Gasteiger partial charge in [-0.25, -0.2) is 22.8 Å². The van der Waals surface area contributed by atoms with Gasteiger partial charge in [0.2, 0.25) is 0 Å². The van der Waals surface area contributed by atoms with Crippen molar-refractivity contribution in [2.75, 3.05) is 50.2 Å². The minimum Gasteiger partial charge on any atom is -0.493 e. The standard InChI is InChI=1S/C21H22ClFN4O4S/c1-30-19-11-15-18(12-20(19)31-7-4-27-5-8-32(28,29)9-6-27)24-13-25-21(15)26-17-3-2-14(22)10-16(17)23/h2-3,10-13H,4-9H2,1H3,(H,24,25,26). The number of hydrogen-bond acceptors (Lipinski definition) is 8. The molecule has 0 atom stereocenters.